The van der Waals surface area contributed by atoms with Crippen LogP contribution in [-0.2, 0) is 11.3 Å². The van der Waals surface area contributed by atoms with E-state index in [0.29, 0.717) is 24.4 Å². The lowest BCUT2D eigenvalue weighted by Crippen LogP contribution is -2.39. The van der Waals surface area contributed by atoms with Crippen molar-refractivity contribution in [1.29, 1.82) is 0 Å². The Balaban J connectivity index is 1.47. The molecule has 1 heterocycles. The van der Waals surface area contributed by atoms with Crippen LogP contribution in [0.4, 0.5) is 9.18 Å². The molecule has 1 saturated carbocycles. The van der Waals surface area contributed by atoms with Gasteiger partial charge in [0.15, 0.2) is 0 Å². The van der Waals surface area contributed by atoms with Gasteiger partial charge in [-0.3, -0.25) is 0 Å². The fourth-order valence-electron chi connectivity index (χ4n) is 3.21. The molecular formula is C17H22BrFN2O2. The van der Waals surface area contributed by atoms with Crippen molar-refractivity contribution in [2.75, 3.05) is 13.1 Å². The van der Waals surface area contributed by atoms with E-state index in [0.717, 1.165) is 23.1 Å². The van der Waals surface area contributed by atoms with Crippen LogP contribution >= 0.6 is 15.9 Å². The Hall–Kier alpha value is -1.14. The fraction of sp³-hybridized carbons (Fsp3) is 0.588. The zero-order valence-electron chi connectivity index (χ0n) is 13.6. The highest BCUT2D eigenvalue weighted by atomic mass is 79.9. The quantitative estimate of drug-likeness (QED) is 0.866. The number of fused-ring (bicyclic) bond motifs is 1. The van der Waals surface area contributed by atoms with Gasteiger partial charge in [0.05, 0.1) is 0 Å². The summed E-state index contributed by atoms with van der Waals surface area (Å²) in [6, 6.07) is 5.12. The van der Waals surface area contributed by atoms with Gasteiger partial charge in [-0.05, 0) is 56.4 Å². The minimum absolute atomic E-state index is 0.225. The molecule has 1 saturated heterocycles. The molecule has 0 bridgehead atoms. The molecule has 23 heavy (non-hydrogen) atoms. The zero-order chi connectivity index (χ0) is 16.8. The first kappa shape index (κ1) is 16.7. The molecule has 1 aromatic rings. The van der Waals surface area contributed by atoms with Crippen molar-refractivity contribution in [2.45, 2.75) is 39.0 Å². The molecule has 3 rings (SSSR count). The molecule has 126 valence electrons. The van der Waals surface area contributed by atoms with E-state index in [4.69, 9.17) is 4.74 Å². The minimum Gasteiger partial charge on any atom is -0.444 e. The lowest BCUT2D eigenvalue weighted by Gasteiger charge is -2.26. The van der Waals surface area contributed by atoms with Crippen LogP contribution in [0.3, 0.4) is 0 Å². The number of rotatable bonds is 3. The average Bonchev–Trinajstić information content (AvgIpc) is 2.89. The largest absolute Gasteiger partial charge is 0.444 e. The predicted octanol–water partition coefficient (Wildman–Crippen LogP) is 3.54. The SMILES string of the molecule is CC(C)(C)OC(=O)N1CC2C(C1)C2NCc1cc(F)ccc1Br. The molecule has 0 spiro atoms. The van der Waals surface area contributed by atoms with Gasteiger partial charge < -0.3 is 15.0 Å². The monoisotopic (exact) mass is 384 g/mol. The van der Waals surface area contributed by atoms with E-state index in [-0.39, 0.29) is 11.9 Å². The van der Waals surface area contributed by atoms with Gasteiger partial charge in [-0.15, -0.1) is 0 Å². The molecule has 1 N–H and O–H groups in total. The molecule has 2 atom stereocenters. The second-order valence-electron chi connectivity index (χ2n) is 7.36. The van der Waals surface area contributed by atoms with Crippen LogP contribution in [0.2, 0.25) is 0 Å². The maximum Gasteiger partial charge on any atom is 0.410 e. The van der Waals surface area contributed by atoms with E-state index in [1.807, 2.05) is 20.8 Å². The second kappa shape index (κ2) is 6.06. The minimum atomic E-state index is -0.453. The zero-order valence-corrected chi connectivity index (χ0v) is 15.2. The first-order chi connectivity index (χ1) is 10.7. The molecular weight excluding hydrogens is 363 g/mol. The maximum atomic E-state index is 13.3. The molecule has 6 heteroatoms. The second-order valence-corrected chi connectivity index (χ2v) is 8.21. The third-order valence-electron chi connectivity index (χ3n) is 4.38. The Morgan fingerprint density at radius 1 is 1.39 bits per heavy atom. The van der Waals surface area contributed by atoms with E-state index >= 15 is 0 Å². The number of hydrogen-bond acceptors (Lipinski definition) is 3. The Morgan fingerprint density at radius 3 is 2.65 bits per heavy atom. The summed E-state index contributed by atoms with van der Waals surface area (Å²) in [6.45, 7) is 7.74. The van der Waals surface area contributed by atoms with Crippen molar-refractivity contribution < 1.29 is 13.9 Å². The number of halogens is 2. The van der Waals surface area contributed by atoms with Gasteiger partial charge in [0.2, 0.25) is 0 Å². The highest BCUT2D eigenvalue weighted by molar-refractivity contribution is 9.10. The van der Waals surface area contributed by atoms with Crippen LogP contribution in [-0.4, -0.2) is 35.7 Å². The van der Waals surface area contributed by atoms with Crippen LogP contribution in [0.1, 0.15) is 26.3 Å². The summed E-state index contributed by atoms with van der Waals surface area (Å²) in [5.41, 5.74) is 0.463. The van der Waals surface area contributed by atoms with E-state index in [2.05, 4.69) is 21.2 Å². The first-order valence-electron chi connectivity index (χ1n) is 7.90. The number of carbonyl (C=O) groups excluding carboxylic acids is 1. The van der Waals surface area contributed by atoms with Crippen molar-refractivity contribution in [2.24, 2.45) is 11.8 Å². The molecule has 2 aliphatic rings. The van der Waals surface area contributed by atoms with Crippen LogP contribution in [0.15, 0.2) is 22.7 Å². The Labute approximate surface area is 144 Å². The molecule has 0 aromatic heterocycles. The normalized spacial score (nSPS) is 26.1. The standard InChI is InChI=1S/C17H22BrFN2O2/c1-17(2,3)23-16(22)21-8-12-13(9-21)15(12)20-7-10-6-11(19)4-5-14(10)18/h4-6,12-13,15,20H,7-9H2,1-3H3. The number of carbonyl (C=O) groups is 1. The van der Waals surface area contributed by atoms with Crippen LogP contribution in [0.5, 0.6) is 0 Å². The molecule has 2 unspecified atom stereocenters. The summed E-state index contributed by atoms with van der Waals surface area (Å²) in [4.78, 5) is 13.8. The number of hydrogen-bond donors (Lipinski definition) is 1. The molecule has 1 aromatic carbocycles. The van der Waals surface area contributed by atoms with Gasteiger partial charge >= 0.3 is 6.09 Å². The summed E-state index contributed by atoms with van der Waals surface area (Å²) < 4.78 is 19.6. The average molecular weight is 385 g/mol. The Kier molecular flexibility index (Phi) is 4.40. The number of nitrogens with one attached hydrogen (secondary N) is 1. The lowest BCUT2D eigenvalue weighted by atomic mass is 10.2. The molecule has 2 fully saturated rings. The van der Waals surface area contributed by atoms with E-state index in [9.17, 15) is 9.18 Å². The molecule has 1 amide bonds. The van der Waals surface area contributed by atoms with Gasteiger partial charge in [0, 0.05) is 30.1 Å². The van der Waals surface area contributed by atoms with Crippen LogP contribution in [0, 0.1) is 17.7 Å². The van der Waals surface area contributed by atoms with Crippen molar-refractivity contribution in [1.82, 2.24) is 10.2 Å². The third-order valence-corrected chi connectivity index (χ3v) is 5.16. The van der Waals surface area contributed by atoms with Gasteiger partial charge in [-0.25, -0.2) is 9.18 Å². The highest BCUT2D eigenvalue weighted by Gasteiger charge is 2.56. The number of piperidine rings is 1. The summed E-state index contributed by atoms with van der Waals surface area (Å²) in [5.74, 6) is 0.738. The van der Waals surface area contributed by atoms with Crippen molar-refractivity contribution >= 4 is 22.0 Å². The van der Waals surface area contributed by atoms with Gasteiger partial charge in [-0.2, -0.15) is 0 Å². The summed E-state index contributed by atoms with van der Waals surface area (Å²) in [7, 11) is 0. The summed E-state index contributed by atoms with van der Waals surface area (Å²) in [6.07, 6.45) is -0.226. The number of likely N-dealkylation sites (tertiary alicyclic amines) is 1. The topological polar surface area (TPSA) is 41.6 Å². The molecule has 1 aliphatic heterocycles. The van der Waals surface area contributed by atoms with Crippen LogP contribution < -0.4 is 5.32 Å². The number of ether oxygens (including phenoxy) is 1. The third kappa shape index (κ3) is 3.86. The predicted molar refractivity (Wildman–Crippen MR) is 89.5 cm³/mol. The molecule has 1 aliphatic carbocycles. The fourth-order valence-corrected chi connectivity index (χ4v) is 3.60. The van der Waals surface area contributed by atoms with E-state index in [1.54, 1.807) is 17.0 Å². The summed E-state index contributed by atoms with van der Waals surface area (Å²) in [5, 5.41) is 3.48. The molecule has 4 nitrogen and oxygen atoms in total. The Morgan fingerprint density at radius 2 is 2.04 bits per heavy atom. The Bertz CT molecular complexity index is 605. The van der Waals surface area contributed by atoms with Crippen molar-refractivity contribution in [3.05, 3.63) is 34.1 Å². The number of nitrogens with zero attached hydrogens (tertiary/aromatic N) is 1. The smallest absolute Gasteiger partial charge is 0.410 e. The molecule has 0 radical (unpaired) electrons. The lowest BCUT2D eigenvalue weighted by molar-refractivity contribution is 0.0269. The maximum absolute atomic E-state index is 13.3. The van der Waals surface area contributed by atoms with Crippen molar-refractivity contribution in [3.63, 3.8) is 0 Å². The first-order valence-corrected chi connectivity index (χ1v) is 8.69. The van der Waals surface area contributed by atoms with Gasteiger partial charge in [0.1, 0.15) is 11.4 Å². The number of benzene rings is 1. The van der Waals surface area contributed by atoms with Gasteiger partial charge in [-0.1, -0.05) is 15.9 Å². The van der Waals surface area contributed by atoms with Crippen molar-refractivity contribution in [3.8, 4) is 0 Å². The summed E-state index contributed by atoms with van der Waals surface area (Å²) >= 11 is 3.44. The number of amides is 1. The van der Waals surface area contributed by atoms with Gasteiger partial charge in [0.25, 0.3) is 0 Å². The van der Waals surface area contributed by atoms with E-state index < -0.39 is 5.60 Å². The highest BCUT2D eigenvalue weighted by Crippen LogP contribution is 2.46. The van der Waals surface area contributed by atoms with Crippen LogP contribution in [0.25, 0.3) is 0 Å². The van der Waals surface area contributed by atoms with E-state index in [1.165, 1.54) is 6.07 Å².